The monoisotopic (exact) mass is 409 g/mol. The van der Waals surface area contributed by atoms with E-state index in [0.717, 1.165) is 34.5 Å². The summed E-state index contributed by atoms with van der Waals surface area (Å²) in [7, 11) is 1.60. The van der Waals surface area contributed by atoms with Crippen molar-refractivity contribution < 1.29 is 9.66 Å². The van der Waals surface area contributed by atoms with Crippen LogP contribution in [-0.4, -0.2) is 30.1 Å². The first kappa shape index (κ1) is 20.4. The van der Waals surface area contributed by atoms with Crippen LogP contribution in [0.1, 0.15) is 12.0 Å². The van der Waals surface area contributed by atoms with Crippen LogP contribution in [0.4, 0.5) is 11.5 Å². The number of ether oxygens (including phenoxy) is 1. The SMILES string of the molecule is COc1ccc2nc(NCCCNSc3ccc([N+](=O)[O-])cc3)c(C#N)cc2c1. The summed E-state index contributed by atoms with van der Waals surface area (Å²) in [5.74, 6) is 1.29. The molecule has 1 aromatic heterocycles. The van der Waals surface area contributed by atoms with Crippen LogP contribution in [0.25, 0.3) is 10.9 Å². The standard InChI is InChI=1S/C20H19N5O3S/c1-28-17-5-8-19-14(12-17)11-15(13-21)20(24-19)22-9-2-10-23-29-18-6-3-16(4-7-18)25(26)27/h3-8,11-12,23H,2,9-10H2,1H3,(H,22,24). The molecule has 9 heteroatoms. The number of hydrogen-bond acceptors (Lipinski definition) is 8. The molecule has 0 atom stereocenters. The lowest BCUT2D eigenvalue weighted by atomic mass is 10.1. The molecule has 0 radical (unpaired) electrons. The van der Waals surface area contributed by atoms with E-state index in [0.29, 0.717) is 17.9 Å². The number of pyridine rings is 1. The number of anilines is 1. The average molecular weight is 409 g/mol. The Morgan fingerprint density at radius 1 is 1.21 bits per heavy atom. The summed E-state index contributed by atoms with van der Waals surface area (Å²) in [6.07, 6.45) is 0.813. The van der Waals surface area contributed by atoms with Gasteiger partial charge in [0.05, 0.1) is 23.1 Å². The van der Waals surface area contributed by atoms with Crippen molar-refractivity contribution in [1.82, 2.24) is 9.71 Å². The molecule has 2 aromatic carbocycles. The van der Waals surface area contributed by atoms with E-state index >= 15 is 0 Å². The molecular formula is C20H19N5O3S. The minimum absolute atomic E-state index is 0.0770. The van der Waals surface area contributed by atoms with E-state index in [1.807, 2.05) is 18.2 Å². The summed E-state index contributed by atoms with van der Waals surface area (Å²) in [5, 5.41) is 24.1. The second-order valence-electron chi connectivity index (χ2n) is 6.08. The van der Waals surface area contributed by atoms with Crippen molar-refractivity contribution in [1.29, 1.82) is 5.26 Å². The maximum absolute atomic E-state index is 10.7. The molecule has 2 N–H and O–H groups in total. The number of nitro groups is 1. The molecule has 0 aliphatic heterocycles. The van der Waals surface area contributed by atoms with Crippen LogP contribution in [0, 0.1) is 21.4 Å². The third-order valence-corrected chi connectivity index (χ3v) is 4.98. The van der Waals surface area contributed by atoms with Crippen molar-refractivity contribution in [3.8, 4) is 11.8 Å². The Hall–Kier alpha value is -3.35. The van der Waals surface area contributed by atoms with Crippen LogP contribution in [0.3, 0.4) is 0 Å². The zero-order chi connectivity index (χ0) is 20.6. The quantitative estimate of drug-likeness (QED) is 0.235. The molecule has 0 spiro atoms. The van der Waals surface area contributed by atoms with Gasteiger partial charge in [0.25, 0.3) is 5.69 Å². The number of hydrogen-bond donors (Lipinski definition) is 2. The topological polar surface area (TPSA) is 113 Å². The fraction of sp³-hybridized carbons (Fsp3) is 0.200. The van der Waals surface area contributed by atoms with Gasteiger partial charge in [0.15, 0.2) is 0 Å². The van der Waals surface area contributed by atoms with E-state index in [-0.39, 0.29) is 5.69 Å². The number of fused-ring (bicyclic) bond motifs is 1. The first-order valence-electron chi connectivity index (χ1n) is 8.87. The number of nitro benzene ring substituents is 1. The summed E-state index contributed by atoms with van der Waals surface area (Å²) in [6.45, 7) is 1.37. The minimum Gasteiger partial charge on any atom is -0.497 e. The van der Waals surface area contributed by atoms with Gasteiger partial charge in [-0.25, -0.2) is 4.98 Å². The van der Waals surface area contributed by atoms with E-state index in [1.54, 1.807) is 25.3 Å². The number of nitrogens with one attached hydrogen (secondary N) is 2. The Balaban J connectivity index is 1.49. The predicted octanol–water partition coefficient (Wildman–Crippen LogP) is 4.12. The molecule has 3 rings (SSSR count). The van der Waals surface area contributed by atoms with Crippen molar-refractivity contribution in [3.63, 3.8) is 0 Å². The zero-order valence-electron chi connectivity index (χ0n) is 15.7. The molecule has 0 aliphatic carbocycles. The van der Waals surface area contributed by atoms with Crippen molar-refractivity contribution in [2.45, 2.75) is 11.3 Å². The van der Waals surface area contributed by atoms with Crippen LogP contribution in [0.15, 0.2) is 53.4 Å². The fourth-order valence-electron chi connectivity index (χ4n) is 2.64. The lowest BCUT2D eigenvalue weighted by Gasteiger charge is -2.10. The molecule has 0 amide bonds. The van der Waals surface area contributed by atoms with Crippen molar-refractivity contribution in [3.05, 3.63) is 64.2 Å². The highest BCUT2D eigenvalue weighted by Gasteiger charge is 2.08. The highest BCUT2D eigenvalue weighted by Crippen LogP contribution is 2.24. The van der Waals surface area contributed by atoms with E-state index in [2.05, 4.69) is 21.1 Å². The van der Waals surface area contributed by atoms with Gasteiger partial charge >= 0.3 is 0 Å². The molecule has 148 valence electrons. The van der Waals surface area contributed by atoms with Crippen LogP contribution in [0.2, 0.25) is 0 Å². The second kappa shape index (κ2) is 9.73. The average Bonchev–Trinajstić information content (AvgIpc) is 2.75. The molecule has 0 bridgehead atoms. The molecule has 3 aromatic rings. The Morgan fingerprint density at radius 2 is 2.00 bits per heavy atom. The highest BCUT2D eigenvalue weighted by atomic mass is 32.2. The molecule has 0 saturated heterocycles. The van der Waals surface area contributed by atoms with Crippen LogP contribution >= 0.6 is 11.9 Å². The molecule has 0 unspecified atom stereocenters. The van der Waals surface area contributed by atoms with Crippen LogP contribution in [0.5, 0.6) is 5.75 Å². The number of benzene rings is 2. The Bertz CT molecular complexity index is 1050. The van der Waals surface area contributed by atoms with Gasteiger partial charge < -0.3 is 10.1 Å². The van der Waals surface area contributed by atoms with Crippen molar-refractivity contribution >= 4 is 34.4 Å². The molecule has 0 saturated carbocycles. The number of nitrogens with zero attached hydrogens (tertiary/aromatic N) is 3. The first-order chi connectivity index (χ1) is 14.1. The third kappa shape index (κ3) is 5.34. The fourth-order valence-corrected chi connectivity index (χ4v) is 3.32. The largest absolute Gasteiger partial charge is 0.497 e. The summed E-state index contributed by atoms with van der Waals surface area (Å²) >= 11 is 1.42. The number of rotatable bonds is 9. The van der Waals surface area contributed by atoms with Crippen LogP contribution < -0.4 is 14.8 Å². The molecular weight excluding hydrogens is 390 g/mol. The zero-order valence-corrected chi connectivity index (χ0v) is 16.5. The lowest BCUT2D eigenvalue weighted by molar-refractivity contribution is -0.384. The van der Waals surface area contributed by atoms with E-state index in [4.69, 9.17) is 4.74 Å². The van der Waals surface area contributed by atoms with Crippen LogP contribution in [-0.2, 0) is 0 Å². The van der Waals surface area contributed by atoms with Gasteiger partial charge in [-0.05, 0) is 54.8 Å². The number of nitriles is 1. The van der Waals surface area contributed by atoms with Gasteiger partial charge in [0, 0.05) is 35.5 Å². The summed E-state index contributed by atoms with van der Waals surface area (Å²) in [5.41, 5.74) is 1.35. The third-order valence-electron chi connectivity index (χ3n) is 4.13. The van der Waals surface area contributed by atoms with E-state index in [1.165, 1.54) is 24.1 Å². The summed E-state index contributed by atoms with van der Waals surface area (Å²) in [6, 6.07) is 15.9. The molecule has 8 nitrogen and oxygen atoms in total. The van der Waals surface area contributed by atoms with Gasteiger partial charge in [0.1, 0.15) is 17.6 Å². The first-order valence-corrected chi connectivity index (χ1v) is 9.69. The number of non-ortho nitro benzene ring substituents is 1. The van der Waals surface area contributed by atoms with Crippen molar-refractivity contribution in [2.24, 2.45) is 0 Å². The molecule has 0 fully saturated rings. The normalized spacial score (nSPS) is 10.5. The molecule has 0 aliphatic rings. The Kier molecular flexibility index (Phi) is 6.84. The van der Waals surface area contributed by atoms with Gasteiger partial charge in [-0.1, -0.05) is 0 Å². The Labute approximate surface area is 172 Å². The van der Waals surface area contributed by atoms with Gasteiger partial charge in [-0.15, -0.1) is 0 Å². The molecule has 1 heterocycles. The maximum atomic E-state index is 10.7. The van der Waals surface area contributed by atoms with Gasteiger partial charge in [-0.2, -0.15) is 5.26 Å². The molecule has 29 heavy (non-hydrogen) atoms. The van der Waals surface area contributed by atoms with Gasteiger partial charge in [-0.3, -0.25) is 14.8 Å². The minimum atomic E-state index is -0.416. The van der Waals surface area contributed by atoms with E-state index in [9.17, 15) is 15.4 Å². The van der Waals surface area contributed by atoms with Crippen molar-refractivity contribution in [2.75, 3.05) is 25.5 Å². The van der Waals surface area contributed by atoms with E-state index < -0.39 is 4.92 Å². The number of methoxy groups -OCH3 is 1. The predicted molar refractivity (Wildman–Crippen MR) is 113 cm³/mol. The summed E-state index contributed by atoms with van der Waals surface area (Å²) < 4.78 is 8.43. The maximum Gasteiger partial charge on any atom is 0.269 e. The highest BCUT2D eigenvalue weighted by molar-refractivity contribution is 7.97. The Morgan fingerprint density at radius 3 is 2.69 bits per heavy atom. The van der Waals surface area contributed by atoms with Gasteiger partial charge in [0.2, 0.25) is 0 Å². The smallest absolute Gasteiger partial charge is 0.269 e. The second-order valence-corrected chi connectivity index (χ2v) is 7.05. The summed E-state index contributed by atoms with van der Waals surface area (Å²) in [4.78, 5) is 15.7. The lowest BCUT2D eigenvalue weighted by Crippen LogP contribution is -2.12. The number of aromatic nitrogens is 1.